The molecular weight excluding hydrogens is 266 g/mol. The molecule has 19 heavy (non-hydrogen) atoms. The third kappa shape index (κ3) is 5.75. The molecule has 0 aliphatic rings. The summed E-state index contributed by atoms with van der Waals surface area (Å²) in [5.74, 6) is -0.322. The Morgan fingerprint density at radius 2 is 2.00 bits per heavy atom. The van der Waals surface area contributed by atoms with Crippen LogP contribution in [0.15, 0.2) is 30.3 Å². The molecule has 5 heteroatoms. The fraction of sp³-hybridized carbons (Fsp3) is 0.429. The highest BCUT2D eigenvalue weighted by atomic mass is 35.5. The van der Waals surface area contributed by atoms with Gasteiger partial charge in [0.1, 0.15) is 0 Å². The number of aryl methyl sites for hydroxylation is 1. The van der Waals surface area contributed by atoms with Gasteiger partial charge in [-0.25, -0.2) is 4.79 Å². The first-order valence-corrected chi connectivity index (χ1v) is 6.76. The van der Waals surface area contributed by atoms with E-state index in [9.17, 15) is 9.59 Å². The summed E-state index contributed by atoms with van der Waals surface area (Å²) in [6.45, 7) is 1.98. The van der Waals surface area contributed by atoms with Crippen LogP contribution in [0.5, 0.6) is 0 Å². The standard InChI is InChI=1S/C14H18ClNO3/c1-2-19-14(18)16-12(13(17)10-15)9-8-11-6-4-3-5-7-11/h3-7,12H,2,8-10H2,1H3,(H,16,18). The number of carbonyl (C=O) groups is 2. The number of Topliss-reactive ketones (excluding diaryl/α,β-unsaturated/α-hetero) is 1. The van der Waals surface area contributed by atoms with Gasteiger partial charge in [-0.2, -0.15) is 0 Å². The second-order valence-corrected chi connectivity index (χ2v) is 4.31. The van der Waals surface area contributed by atoms with Gasteiger partial charge < -0.3 is 10.1 Å². The maximum Gasteiger partial charge on any atom is 0.407 e. The van der Waals surface area contributed by atoms with Gasteiger partial charge >= 0.3 is 6.09 Å². The summed E-state index contributed by atoms with van der Waals surface area (Å²) >= 11 is 5.55. The lowest BCUT2D eigenvalue weighted by Gasteiger charge is -2.16. The van der Waals surface area contributed by atoms with Crippen molar-refractivity contribution in [3.8, 4) is 0 Å². The first-order chi connectivity index (χ1) is 9.17. The zero-order valence-electron chi connectivity index (χ0n) is 10.9. The van der Waals surface area contributed by atoms with Crippen molar-refractivity contribution in [2.24, 2.45) is 0 Å². The molecule has 0 aliphatic carbocycles. The fourth-order valence-corrected chi connectivity index (χ4v) is 1.86. The Kier molecular flexibility index (Phi) is 6.97. The molecule has 1 aromatic rings. The van der Waals surface area contributed by atoms with Gasteiger partial charge in [-0.3, -0.25) is 4.79 Å². The molecule has 1 unspecified atom stereocenters. The number of amides is 1. The van der Waals surface area contributed by atoms with Crippen LogP contribution in [0.4, 0.5) is 4.79 Å². The molecule has 4 nitrogen and oxygen atoms in total. The number of ketones is 1. The minimum atomic E-state index is -0.600. The van der Waals surface area contributed by atoms with E-state index in [0.717, 1.165) is 5.56 Å². The van der Waals surface area contributed by atoms with Gasteiger partial charge in [-0.15, -0.1) is 11.6 Å². The largest absolute Gasteiger partial charge is 0.450 e. The van der Waals surface area contributed by atoms with Crippen LogP contribution >= 0.6 is 11.6 Å². The zero-order chi connectivity index (χ0) is 14.1. The average Bonchev–Trinajstić information content (AvgIpc) is 2.44. The van der Waals surface area contributed by atoms with Crippen molar-refractivity contribution in [3.05, 3.63) is 35.9 Å². The van der Waals surface area contributed by atoms with Crippen LogP contribution in [0.2, 0.25) is 0 Å². The van der Waals surface area contributed by atoms with Gasteiger partial charge in [0.05, 0.1) is 18.5 Å². The van der Waals surface area contributed by atoms with Crippen LogP contribution < -0.4 is 5.32 Å². The van der Waals surface area contributed by atoms with Gasteiger partial charge in [0.25, 0.3) is 0 Å². The third-order valence-corrected chi connectivity index (χ3v) is 2.92. The predicted octanol–water partition coefficient (Wildman–Crippen LogP) is 2.54. The van der Waals surface area contributed by atoms with Crippen LogP contribution in [-0.4, -0.2) is 30.4 Å². The molecule has 0 saturated heterocycles. The number of benzene rings is 1. The summed E-state index contributed by atoms with van der Waals surface area (Å²) in [7, 11) is 0. The summed E-state index contributed by atoms with van der Waals surface area (Å²) in [6.07, 6.45) is 0.619. The Hall–Kier alpha value is -1.55. The van der Waals surface area contributed by atoms with Crippen molar-refractivity contribution in [1.29, 1.82) is 0 Å². The van der Waals surface area contributed by atoms with Crippen molar-refractivity contribution in [2.75, 3.05) is 12.5 Å². The van der Waals surface area contributed by atoms with E-state index < -0.39 is 12.1 Å². The van der Waals surface area contributed by atoms with Crippen LogP contribution in [0.3, 0.4) is 0 Å². The molecule has 1 rings (SSSR count). The lowest BCUT2D eigenvalue weighted by Crippen LogP contribution is -2.42. The van der Waals surface area contributed by atoms with Crippen molar-refractivity contribution in [3.63, 3.8) is 0 Å². The molecule has 1 atom stereocenters. The number of hydrogen-bond acceptors (Lipinski definition) is 3. The number of carbonyl (C=O) groups excluding carboxylic acids is 2. The van der Waals surface area contributed by atoms with E-state index in [0.29, 0.717) is 12.8 Å². The average molecular weight is 284 g/mol. The molecular formula is C14H18ClNO3. The fourth-order valence-electron chi connectivity index (χ4n) is 1.68. The van der Waals surface area contributed by atoms with Gasteiger partial charge in [0.2, 0.25) is 0 Å². The molecule has 0 heterocycles. The highest BCUT2D eigenvalue weighted by molar-refractivity contribution is 6.28. The first kappa shape index (κ1) is 15.5. The Balaban J connectivity index is 2.55. The van der Waals surface area contributed by atoms with Gasteiger partial charge in [-0.05, 0) is 25.3 Å². The third-order valence-electron chi connectivity index (χ3n) is 2.65. The lowest BCUT2D eigenvalue weighted by atomic mass is 10.0. The lowest BCUT2D eigenvalue weighted by molar-refractivity contribution is -0.118. The van der Waals surface area contributed by atoms with E-state index in [4.69, 9.17) is 16.3 Å². The summed E-state index contributed by atoms with van der Waals surface area (Å²) in [4.78, 5) is 23.0. The Labute approximate surface area is 118 Å². The quantitative estimate of drug-likeness (QED) is 0.783. The highest BCUT2D eigenvalue weighted by Crippen LogP contribution is 2.06. The summed E-state index contributed by atoms with van der Waals surface area (Å²) in [6, 6.07) is 9.16. The molecule has 0 aliphatic heterocycles. The molecule has 104 valence electrons. The number of ether oxygens (including phenoxy) is 1. The van der Waals surface area contributed by atoms with E-state index in [1.807, 2.05) is 30.3 Å². The minimum absolute atomic E-state index is 0.119. The molecule has 0 saturated carbocycles. The van der Waals surface area contributed by atoms with Crippen molar-refractivity contribution in [1.82, 2.24) is 5.32 Å². The summed E-state index contributed by atoms with van der Waals surface area (Å²) in [5.41, 5.74) is 1.11. The Bertz CT molecular complexity index is 408. The van der Waals surface area contributed by atoms with Gasteiger partial charge in [-0.1, -0.05) is 30.3 Å². The van der Waals surface area contributed by atoms with Gasteiger partial charge in [0.15, 0.2) is 5.78 Å². The highest BCUT2D eigenvalue weighted by Gasteiger charge is 2.20. The number of halogens is 1. The molecule has 1 amide bonds. The molecule has 1 N–H and O–H groups in total. The van der Waals surface area contributed by atoms with Crippen molar-refractivity contribution >= 4 is 23.5 Å². The zero-order valence-corrected chi connectivity index (χ0v) is 11.7. The SMILES string of the molecule is CCOC(=O)NC(CCc1ccccc1)C(=O)CCl. The van der Waals surface area contributed by atoms with Crippen LogP contribution in [0.25, 0.3) is 0 Å². The monoisotopic (exact) mass is 283 g/mol. The normalized spacial score (nSPS) is 11.7. The number of hydrogen-bond donors (Lipinski definition) is 1. The van der Waals surface area contributed by atoms with E-state index in [-0.39, 0.29) is 18.3 Å². The molecule has 0 radical (unpaired) electrons. The summed E-state index contributed by atoms with van der Waals surface area (Å²) < 4.78 is 4.77. The van der Waals surface area contributed by atoms with E-state index in [1.165, 1.54) is 0 Å². The number of rotatable bonds is 7. The minimum Gasteiger partial charge on any atom is -0.450 e. The number of alkyl halides is 1. The summed E-state index contributed by atoms with van der Waals surface area (Å²) in [5, 5.41) is 2.54. The first-order valence-electron chi connectivity index (χ1n) is 6.23. The molecule has 1 aromatic carbocycles. The molecule has 0 fully saturated rings. The smallest absolute Gasteiger partial charge is 0.407 e. The van der Waals surface area contributed by atoms with E-state index in [1.54, 1.807) is 6.92 Å². The predicted molar refractivity (Wildman–Crippen MR) is 74.4 cm³/mol. The number of nitrogens with one attached hydrogen (secondary N) is 1. The Morgan fingerprint density at radius 1 is 1.32 bits per heavy atom. The van der Waals surface area contributed by atoms with Crippen LogP contribution in [-0.2, 0) is 16.0 Å². The van der Waals surface area contributed by atoms with Gasteiger partial charge in [0, 0.05) is 0 Å². The topological polar surface area (TPSA) is 55.4 Å². The van der Waals surface area contributed by atoms with Crippen molar-refractivity contribution < 1.29 is 14.3 Å². The van der Waals surface area contributed by atoms with E-state index in [2.05, 4.69) is 5.32 Å². The molecule has 0 aromatic heterocycles. The van der Waals surface area contributed by atoms with Crippen LogP contribution in [0, 0.1) is 0 Å². The maximum atomic E-state index is 11.7. The maximum absolute atomic E-state index is 11.7. The van der Waals surface area contributed by atoms with E-state index >= 15 is 0 Å². The molecule has 0 bridgehead atoms. The van der Waals surface area contributed by atoms with Crippen LogP contribution in [0.1, 0.15) is 18.9 Å². The Morgan fingerprint density at radius 3 is 2.58 bits per heavy atom. The van der Waals surface area contributed by atoms with Crippen molar-refractivity contribution in [2.45, 2.75) is 25.8 Å². The number of alkyl carbamates (subject to hydrolysis) is 1. The second kappa shape index (κ2) is 8.53. The molecule has 0 spiro atoms. The second-order valence-electron chi connectivity index (χ2n) is 4.04.